The summed E-state index contributed by atoms with van der Waals surface area (Å²) in [6.45, 7) is 0.103. The van der Waals surface area contributed by atoms with E-state index in [0.717, 1.165) is 12.1 Å². The molecule has 10 heteroatoms. The number of hydrogen-bond acceptors (Lipinski definition) is 4. The van der Waals surface area contributed by atoms with Crippen LogP contribution < -0.4 is 10.0 Å². The molecule has 0 atom stereocenters. The molecule has 1 amide bonds. The fraction of sp³-hybridized carbons (Fsp3) is 0.105. The van der Waals surface area contributed by atoms with E-state index in [0.29, 0.717) is 17.9 Å². The lowest BCUT2D eigenvalue weighted by molar-refractivity contribution is -0.137. The molecule has 6 nitrogen and oxygen atoms in total. The summed E-state index contributed by atoms with van der Waals surface area (Å²) in [5.41, 5.74) is -0.923. The normalized spacial score (nSPS) is 11.8. The number of carbonyl (C=O) groups is 1. The third-order valence-corrected chi connectivity index (χ3v) is 5.29. The monoisotopic (exact) mass is 424 g/mol. The Labute approximate surface area is 164 Å². The molecule has 0 aliphatic carbocycles. The third kappa shape index (κ3) is 4.96. The van der Waals surface area contributed by atoms with Crippen LogP contribution in [0.5, 0.6) is 0 Å². The Morgan fingerprint density at radius 3 is 2.28 bits per heavy atom. The van der Waals surface area contributed by atoms with E-state index in [9.17, 15) is 26.4 Å². The second-order valence-electron chi connectivity index (χ2n) is 5.94. The van der Waals surface area contributed by atoms with Gasteiger partial charge in [0.25, 0.3) is 15.9 Å². The van der Waals surface area contributed by atoms with E-state index in [4.69, 9.17) is 4.42 Å². The Hall–Kier alpha value is -3.27. The van der Waals surface area contributed by atoms with Gasteiger partial charge < -0.3 is 9.73 Å². The highest BCUT2D eigenvalue weighted by Crippen LogP contribution is 2.30. The number of sulfonamides is 1. The van der Waals surface area contributed by atoms with Gasteiger partial charge in [0.1, 0.15) is 5.76 Å². The van der Waals surface area contributed by atoms with Crippen LogP contribution in [-0.4, -0.2) is 14.3 Å². The number of para-hydroxylation sites is 1. The summed E-state index contributed by atoms with van der Waals surface area (Å²) in [6.07, 6.45) is -3.12. The molecule has 0 aliphatic heterocycles. The van der Waals surface area contributed by atoms with Crippen LogP contribution in [0, 0.1) is 0 Å². The number of nitrogens with one attached hydrogen (secondary N) is 2. The Kier molecular flexibility index (Phi) is 5.64. The summed E-state index contributed by atoms with van der Waals surface area (Å²) in [5.74, 6) is -0.0340. The molecule has 0 saturated carbocycles. The van der Waals surface area contributed by atoms with Gasteiger partial charge in [0.15, 0.2) is 0 Å². The van der Waals surface area contributed by atoms with Crippen LogP contribution >= 0.6 is 0 Å². The summed E-state index contributed by atoms with van der Waals surface area (Å²) in [4.78, 5) is 12.1. The Bertz CT molecular complexity index is 1090. The maximum Gasteiger partial charge on any atom is 0.416 e. The highest BCUT2D eigenvalue weighted by atomic mass is 32.2. The Morgan fingerprint density at radius 2 is 1.66 bits per heavy atom. The first-order valence-corrected chi connectivity index (χ1v) is 9.75. The van der Waals surface area contributed by atoms with E-state index in [-0.39, 0.29) is 22.7 Å². The fourth-order valence-corrected chi connectivity index (χ4v) is 3.55. The minimum atomic E-state index is -4.57. The van der Waals surface area contributed by atoms with Crippen molar-refractivity contribution in [2.75, 3.05) is 4.72 Å². The van der Waals surface area contributed by atoms with Crippen molar-refractivity contribution < 1.29 is 30.8 Å². The lowest BCUT2D eigenvalue weighted by Gasteiger charge is -2.13. The van der Waals surface area contributed by atoms with Crippen LogP contribution in [0.4, 0.5) is 18.9 Å². The second-order valence-corrected chi connectivity index (χ2v) is 7.62. The van der Waals surface area contributed by atoms with Gasteiger partial charge in [0.05, 0.1) is 34.5 Å². The van der Waals surface area contributed by atoms with E-state index in [1.807, 2.05) is 0 Å². The molecule has 0 radical (unpaired) electrons. The number of carbonyl (C=O) groups excluding carboxylic acids is 1. The van der Waals surface area contributed by atoms with Crippen molar-refractivity contribution in [3.05, 3.63) is 83.8 Å². The summed E-state index contributed by atoms with van der Waals surface area (Å²) in [7, 11) is -4.21. The molecule has 3 rings (SSSR count). The number of hydrogen-bond donors (Lipinski definition) is 2. The van der Waals surface area contributed by atoms with Crippen LogP contribution in [-0.2, 0) is 22.7 Å². The first-order valence-electron chi connectivity index (χ1n) is 8.26. The Morgan fingerprint density at radius 1 is 0.966 bits per heavy atom. The third-order valence-electron chi connectivity index (χ3n) is 3.91. The van der Waals surface area contributed by atoms with Crippen molar-refractivity contribution in [2.24, 2.45) is 0 Å². The second kappa shape index (κ2) is 8.00. The molecule has 0 saturated heterocycles. The minimum Gasteiger partial charge on any atom is -0.467 e. The zero-order valence-corrected chi connectivity index (χ0v) is 15.5. The molecule has 0 spiro atoms. The highest BCUT2D eigenvalue weighted by molar-refractivity contribution is 7.92. The molecule has 1 heterocycles. The molecule has 0 bridgehead atoms. The molecule has 0 aliphatic rings. The molecule has 2 N–H and O–H groups in total. The van der Waals surface area contributed by atoms with Crippen molar-refractivity contribution in [2.45, 2.75) is 17.6 Å². The van der Waals surface area contributed by atoms with Crippen molar-refractivity contribution in [3.63, 3.8) is 0 Å². The predicted octanol–water partition coefficient (Wildman–Crippen LogP) is 4.03. The largest absolute Gasteiger partial charge is 0.467 e. The highest BCUT2D eigenvalue weighted by Gasteiger charge is 2.30. The fourth-order valence-electron chi connectivity index (χ4n) is 2.47. The molecule has 2 aromatic carbocycles. The van der Waals surface area contributed by atoms with Gasteiger partial charge in [-0.3, -0.25) is 9.52 Å². The molecule has 0 fully saturated rings. The quantitative estimate of drug-likeness (QED) is 0.625. The predicted molar refractivity (Wildman–Crippen MR) is 98.6 cm³/mol. The van der Waals surface area contributed by atoms with Crippen molar-refractivity contribution in [3.8, 4) is 0 Å². The maximum atomic E-state index is 12.7. The average Bonchev–Trinajstić information content (AvgIpc) is 3.19. The van der Waals surface area contributed by atoms with Gasteiger partial charge in [-0.15, -0.1) is 0 Å². The number of alkyl halides is 3. The SMILES string of the molecule is O=C(NCc1ccco1)c1ccccc1NS(=O)(=O)c1ccc(C(F)(F)F)cc1. The molecule has 1 aromatic heterocycles. The molecular formula is C19H15F3N2O4S. The smallest absolute Gasteiger partial charge is 0.416 e. The minimum absolute atomic E-state index is 0.00987. The summed E-state index contributed by atoms with van der Waals surface area (Å²) in [6, 6.07) is 12.3. The van der Waals surface area contributed by atoms with Gasteiger partial charge in [-0.05, 0) is 48.5 Å². The van der Waals surface area contributed by atoms with Crippen molar-refractivity contribution in [1.82, 2.24) is 5.32 Å². The topological polar surface area (TPSA) is 88.4 Å². The van der Waals surface area contributed by atoms with E-state index in [1.165, 1.54) is 24.5 Å². The van der Waals surface area contributed by atoms with E-state index in [1.54, 1.807) is 18.2 Å². The van der Waals surface area contributed by atoms with Crippen LogP contribution in [0.15, 0.2) is 76.2 Å². The van der Waals surface area contributed by atoms with Gasteiger partial charge in [-0.2, -0.15) is 13.2 Å². The van der Waals surface area contributed by atoms with Gasteiger partial charge >= 0.3 is 6.18 Å². The molecular weight excluding hydrogens is 409 g/mol. The van der Waals surface area contributed by atoms with Crippen molar-refractivity contribution in [1.29, 1.82) is 0 Å². The van der Waals surface area contributed by atoms with Crippen LogP contribution in [0.25, 0.3) is 0 Å². The summed E-state index contributed by atoms with van der Waals surface area (Å²) in [5, 5.41) is 2.60. The van der Waals surface area contributed by atoms with E-state index in [2.05, 4.69) is 10.0 Å². The van der Waals surface area contributed by atoms with Gasteiger partial charge in [0.2, 0.25) is 0 Å². The van der Waals surface area contributed by atoms with Crippen molar-refractivity contribution >= 4 is 21.6 Å². The van der Waals surface area contributed by atoms with Gasteiger partial charge in [-0.1, -0.05) is 12.1 Å². The summed E-state index contributed by atoms with van der Waals surface area (Å²) < 4.78 is 70.4. The summed E-state index contributed by atoms with van der Waals surface area (Å²) >= 11 is 0. The number of anilines is 1. The molecule has 29 heavy (non-hydrogen) atoms. The maximum absolute atomic E-state index is 12.7. The molecule has 152 valence electrons. The first kappa shape index (κ1) is 20.5. The average molecular weight is 424 g/mol. The van der Waals surface area contributed by atoms with Crippen LogP contribution in [0.3, 0.4) is 0 Å². The molecule has 0 unspecified atom stereocenters. The zero-order chi connectivity index (χ0) is 21.1. The van der Waals surface area contributed by atoms with Crippen LogP contribution in [0.1, 0.15) is 21.7 Å². The number of amides is 1. The Balaban J connectivity index is 1.79. The van der Waals surface area contributed by atoms with Gasteiger partial charge in [0, 0.05) is 0 Å². The number of halogens is 3. The number of furan rings is 1. The lowest BCUT2D eigenvalue weighted by atomic mass is 10.1. The standard InChI is InChI=1S/C19H15F3N2O4S/c20-19(21,22)13-7-9-15(10-8-13)29(26,27)24-17-6-2-1-5-16(17)18(25)23-12-14-4-3-11-28-14/h1-11,24H,12H2,(H,23,25). The number of benzene rings is 2. The zero-order valence-electron chi connectivity index (χ0n) is 14.7. The lowest BCUT2D eigenvalue weighted by Crippen LogP contribution is -2.24. The van der Waals surface area contributed by atoms with Crippen LogP contribution in [0.2, 0.25) is 0 Å². The number of rotatable bonds is 6. The van der Waals surface area contributed by atoms with E-state index < -0.39 is 27.7 Å². The van der Waals surface area contributed by atoms with E-state index >= 15 is 0 Å². The molecule has 3 aromatic rings. The first-order chi connectivity index (χ1) is 13.7. The van der Waals surface area contributed by atoms with Gasteiger partial charge in [-0.25, -0.2) is 8.42 Å².